The van der Waals surface area contributed by atoms with Gasteiger partial charge in [0.15, 0.2) is 5.82 Å². The Balaban J connectivity index is 2.48. The minimum atomic E-state index is 0.457. The number of nitrogens with one attached hydrogen (secondary N) is 1. The zero-order valence-corrected chi connectivity index (χ0v) is 13.3. The van der Waals surface area contributed by atoms with Crippen LogP contribution in [0.4, 0.5) is 5.82 Å². The number of hydrogen-bond donors (Lipinski definition) is 1. The fourth-order valence-electron chi connectivity index (χ4n) is 1.66. The lowest BCUT2D eigenvalue weighted by Gasteiger charge is -2.10. The van der Waals surface area contributed by atoms with Crippen molar-refractivity contribution >= 4 is 28.4 Å². The average Bonchev–Trinajstić information content (AvgIpc) is 2.81. The van der Waals surface area contributed by atoms with Crippen LogP contribution in [0.25, 0.3) is 11.5 Å². The molecule has 0 saturated carbocycles. The molecule has 0 unspecified atom stereocenters. The van der Waals surface area contributed by atoms with Crippen LogP contribution in [0.3, 0.4) is 0 Å². The number of rotatable bonds is 5. The monoisotopic (exact) mass is 373 g/mol. The van der Waals surface area contributed by atoms with Crippen LogP contribution in [0.1, 0.15) is 12.6 Å². The summed E-state index contributed by atoms with van der Waals surface area (Å²) in [6.45, 7) is 3.30. The zero-order chi connectivity index (χ0) is 13.8. The van der Waals surface area contributed by atoms with Crippen molar-refractivity contribution in [3.63, 3.8) is 0 Å². The lowest BCUT2D eigenvalue weighted by molar-refractivity contribution is 0.181. The minimum absolute atomic E-state index is 0.457. The molecule has 2 rings (SSSR count). The minimum Gasteiger partial charge on any atom is -0.378 e. The standard InChI is InChI=1S/C12H16IN5O/c1-4-14-12-10(13)9(7-19-3)15-11(16-12)8-5-6-18(2)17-8/h5-6H,4,7H2,1-3H3,(H,14,15,16). The van der Waals surface area contributed by atoms with E-state index in [4.69, 9.17) is 4.74 Å². The summed E-state index contributed by atoms with van der Waals surface area (Å²) in [5.74, 6) is 1.44. The second-order valence-corrected chi connectivity index (χ2v) is 5.07. The number of nitrogens with zero attached hydrogens (tertiary/aromatic N) is 4. The molecular formula is C12H16IN5O. The van der Waals surface area contributed by atoms with Crippen molar-refractivity contribution in [3.05, 3.63) is 21.5 Å². The lowest BCUT2D eigenvalue weighted by Crippen LogP contribution is -2.09. The maximum absolute atomic E-state index is 5.19. The molecule has 1 N–H and O–H groups in total. The molecule has 0 aliphatic rings. The molecule has 2 aromatic heterocycles. The Kier molecular flexibility index (Phi) is 4.70. The van der Waals surface area contributed by atoms with Gasteiger partial charge in [-0.15, -0.1) is 0 Å². The molecule has 7 heteroatoms. The number of anilines is 1. The molecule has 0 radical (unpaired) electrons. The second kappa shape index (κ2) is 6.29. The maximum atomic E-state index is 5.19. The Labute approximate surface area is 125 Å². The number of aromatic nitrogens is 4. The summed E-state index contributed by atoms with van der Waals surface area (Å²) in [5, 5.41) is 7.58. The molecular weight excluding hydrogens is 357 g/mol. The maximum Gasteiger partial charge on any atom is 0.182 e. The zero-order valence-electron chi connectivity index (χ0n) is 11.1. The summed E-state index contributed by atoms with van der Waals surface area (Å²) < 4.78 is 7.91. The summed E-state index contributed by atoms with van der Waals surface area (Å²) in [6.07, 6.45) is 1.87. The number of halogens is 1. The highest BCUT2D eigenvalue weighted by molar-refractivity contribution is 14.1. The summed E-state index contributed by atoms with van der Waals surface area (Å²) >= 11 is 2.24. The second-order valence-electron chi connectivity index (χ2n) is 3.99. The third kappa shape index (κ3) is 3.21. The highest BCUT2D eigenvalue weighted by Crippen LogP contribution is 2.23. The van der Waals surface area contributed by atoms with E-state index in [-0.39, 0.29) is 0 Å². The van der Waals surface area contributed by atoms with Gasteiger partial charge in [-0.25, -0.2) is 9.97 Å². The van der Waals surface area contributed by atoms with E-state index in [1.165, 1.54) is 0 Å². The van der Waals surface area contributed by atoms with Gasteiger partial charge in [-0.2, -0.15) is 5.10 Å². The first-order valence-electron chi connectivity index (χ1n) is 5.95. The van der Waals surface area contributed by atoms with Crippen molar-refractivity contribution in [2.45, 2.75) is 13.5 Å². The predicted octanol–water partition coefficient (Wildman–Crippen LogP) is 2.06. The Morgan fingerprint density at radius 1 is 1.42 bits per heavy atom. The van der Waals surface area contributed by atoms with Gasteiger partial charge in [0, 0.05) is 26.9 Å². The molecule has 0 amide bonds. The van der Waals surface area contributed by atoms with Crippen LogP contribution in [-0.4, -0.2) is 33.4 Å². The van der Waals surface area contributed by atoms with E-state index >= 15 is 0 Å². The van der Waals surface area contributed by atoms with Crippen molar-refractivity contribution < 1.29 is 4.74 Å². The van der Waals surface area contributed by atoms with Gasteiger partial charge in [-0.3, -0.25) is 4.68 Å². The van der Waals surface area contributed by atoms with E-state index in [1.54, 1.807) is 11.8 Å². The van der Waals surface area contributed by atoms with Gasteiger partial charge in [-0.1, -0.05) is 0 Å². The van der Waals surface area contributed by atoms with Gasteiger partial charge in [0.1, 0.15) is 11.5 Å². The van der Waals surface area contributed by atoms with Crippen molar-refractivity contribution in [1.82, 2.24) is 19.7 Å². The fraction of sp³-hybridized carbons (Fsp3) is 0.417. The van der Waals surface area contributed by atoms with Crippen LogP contribution in [0, 0.1) is 3.57 Å². The Morgan fingerprint density at radius 3 is 2.79 bits per heavy atom. The first-order valence-corrected chi connectivity index (χ1v) is 7.02. The molecule has 19 heavy (non-hydrogen) atoms. The van der Waals surface area contributed by atoms with Crippen LogP contribution in [-0.2, 0) is 18.4 Å². The third-order valence-electron chi connectivity index (χ3n) is 2.49. The van der Waals surface area contributed by atoms with Crippen LogP contribution >= 0.6 is 22.6 Å². The quantitative estimate of drug-likeness (QED) is 0.813. The van der Waals surface area contributed by atoms with Crippen LogP contribution < -0.4 is 5.32 Å². The first-order chi connectivity index (χ1) is 9.15. The molecule has 6 nitrogen and oxygen atoms in total. The molecule has 0 fully saturated rings. The van der Waals surface area contributed by atoms with E-state index in [0.29, 0.717) is 12.4 Å². The van der Waals surface area contributed by atoms with E-state index < -0.39 is 0 Å². The lowest BCUT2D eigenvalue weighted by atomic mass is 10.3. The van der Waals surface area contributed by atoms with Gasteiger partial charge >= 0.3 is 0 Å². The largest absolute Gasteiger partial charge is 0.378 e. The Morgan fingerprint density at radius 2 is 2.21 bits per heavy atom. The topological polar surface area (TPSA) is 64.9 Å². The summed E-state index contributed by atoms with van der Waals surface area (Å²) in [5.41, 5.74) is 1.63. The van der Waals surface area contributed by atoms with Crippen molar-refractivity contribution in [1.29, 1.82) is 0 Å². The van der Waals surface area contributed by atoms with Crippen molar-refractivity contribution in [3.8, 4) is 11.5 Å². The van der Waals surface area contributed by atoms with E-state index in [1.807, 2.05) is 26.2 Å². The van der Waals surface area contributed by atoms with Crippen molar-refractivity contribution in [2.24, 2.45) is 7.05 Å². The number of hydrogen-bond acceptors (Lipinski definition) is 5. The van der Waals surface area contributed by atoms with E-state index in [9.17, 15) is 0 Å². The molecule has 102 valence electrons. The molecule has 0 atom stereocenters. The smallest absolute Gasteiger partial charge is 0.182 e. The molecule has 0 saturated heterocycles. The van der Waals surface area contributed by atoms with Crippen LogP contribution in [0.15, 0.2) is 12.3 Å². The summed E-state index contributed by atoms with van der Waals surface area (Å²) in [7, 11) is 3.53. The molecule has 2 heterocycles. The van der Waals surface area contributed by atoms with Gasteiger partial charge < -0.3 is 10.1 Å². The Hall–Kier alpha value is -1.22. The molecule has 0 aromatic carbocycles. The van der Waals surface area contributed by atoms with Crippen molar-refractivity contribution in [2.75, 3.05) is 19.0 Å². The fourth-order valence-corrected chi connectivity index (χ4v) is 2.25. The predicted molar refractivity (Wildman–Crippen MR) is 81.8 cm³/mol. The molecule has 0 aliphatic carbocycles. The SMILES string of the molecule is CCNc1nc(-c2ccn(C)n2)nc(COC)c1I. The number of ether oxygens (including phenoxy) is 1. The van der Waals surface area contributed by atoms with Crippen LogP contribution in [0.2, 0.25) is 0 Å². The normalized spacial score (nSPS) is 10.7. The number of aryl methyl sites for hydroxylation is 1. The summed E-state index contributed by atoms with van der Waals surface area (Å²) in [4.78, 5) is 9.06. The van der Waals surface area contributed by atoms with Crippen LogP contribution in [0.5, 0.6) is 0 Å². The average molecular weight is 373 g/mol. The van der Waals surface area contributed by atoms with E-state index in [0.717, 1.165) is 27.3 Å². The van der Waals surface area contributed by atoms with Gasteiger partial charge in [-0.05, 0) is 35.6 Å². The highest BCUT2D eigenvalue weighted by Gasteiger charge is 2.14. The first kappa shape index (κ1) is 14.2. The molecule has 2 aromatic rings. The Bertz CT molecular complexity index is 542. The molecule has 0 aliphatic heterocycles. The number of methoxy groups -OCH3 is 1. The van der Waals surface area contributed by atoms with Gasteiger partial charge in [0.25, 0.3) is 0 Å². The van der Waals surface area contributed by atoms with Gasteiger partial charge in [0.2, 0.25) is 0 Å². The summed E-state index contributed by atoms with van der Waals surface area (Å²) in [6, 6.07) is 1.90. The van der Waals surface area contributed by atoms with E-state index in [2.05, 4.69) is 43.0 Å². The third-order valence-corrected chi connectivity index (χ3v) is 3.62. The highest BCUT2D eigenvalue weighted by atomic mass is 127. The molecule has 0 bridgehead atoms. The molecule has 0 spiro atoms. The van der Waals surface area contributed by atoms with Gasteiger partial charge in [0.05, 0.1) is 15.9 Å².